The molecule has 1 aromatic heterocycles. The fourth-order valence-corrected chi connectivity index (χ4v) is 3.35. The van der Waals surface area contributed by atoms with Crippen LogP contribution < -0.4 is 15.2 Å². The molecule has 2 N–H and O–H groups in total. The van der Waals surface area contributed by atoms with Gasteiger partial charge in [-0.2, -0.15) is 0 Å². The van der Waals surface area contributed by atoms with Gasteiger partial charge in [-0.05, 0) is 31.2 Å². The second-order valence-corrected chi connectivity index (χ2v) is 5.90. The molecule has 0 fully saturated rings. The minimum Gasteiger partial charge on any atom is -0.454 e. The fraction of sp³-hybridized carbons (Fsp3) is 0.400. The quantitative estimate of drug-likeness (QED) is 0.886. The van der Waals surface area contributed by atoms with Gasteiger partial charge in [-0.25, -0.2) is 4.98 Å². The molecule has 112 valence electrons. The highest BCUT2D eigenvalue weighted by molar-refractivity contribution is 7.12. The fourth-order valence-electron chi connectivity index (χ4n) is 2.27. The summed E-state index contributed by atoms with van der Waals surface area (Å²) in [4.78, 5) is 5.96. The SMILES string of the molecule is COCCc1nc(-c2ccc3c(c2)OCO3)c(CCN)s1. The van der Waals surface area contributed by atoms with Crippen LogP contribution in [0.4, 0.5) is 0 Å². The number of fused-ring (bicyclic) bond motifs is 1. The maximum absolute atomic E-state index is 5.72. The van der Waals surface area contributed by atoms with Gasteiger partial charge in [-0.1, -0.05) is 0 Å². The summed E-state index contributed by atoms with van der Waals surface area (Å²) < 4.78 is 15.9. The first kappa shape index (κ1) is 14.3. The number of methoxy groups -OCH3 is 1. The Balaban J connectivity index is 1.93. The Kier molecular flexibility index (Phi) is 4.38. The Morgan fingerprint density at radius 3 is 2.95 bits per heavy atom. The number of nitrogens with zero attached hydrogens (tertiary/aromatic N) is 1. The van der Waals surface area contributed by atoms with Crippen LogP contribution in [0, 0.1) is 0 Å². The third kappa shape index (κ3) is 3.02. The van der Waals surface area contributed by atoms with Gasteiger partial charge in [0, 0.05) is 24.0 Å². The zero-order valence-electron chi connectivity index (χ0n) is 11.9. The number of thiazole rings is 1. The summed E-state index contributed by atoms with van der Waals surface area (Å²) in [6.07, 6.45) is 1.65. The molecule has 1 aliphatic rings. The molecule has 0 aliphatic carbocycles. The van der Waals surface area contributed by atoms with Crippen LogP contribution in [0.5, 0.6) is 11.5 Å². The minimum absolute atomic E-state index is 0.282. The molecule has 0 saturated heterocycles. The molecule has 1 aromatic carbocycles. The van der Waals surface area contributed by atoms with E-state index >= 15 is 0 Å². The summed E-state index contributed by atoms with van der Waals surface area (Å²) in [7, 11) is 1.70. The van der Waals surface area contributed by atoms with Crippen molar-refractivity contribution in [3.05, 3.63) is 28.1 Å². The van der Waals surface area contributed by atoms with E-state index in [1.54, 1.807) is 18.4 Å². The molecule has 2 heterocycles. The van der Waals surface area contributed by atoms with Crippen molar-refractivity contribution in [3.8, 4) is 22.8 Å². The van der Waals surface area contributed by atoms with Gasteiger partial charge in [0.2, 0.25) is 6.79 Å². The molecule has 6 heteroatoms. The van der Waals surface area contributed by atoms with Crippen molar-refractivity contribution in [1.82, 2.24) is 4.98 Å². The lowest BCUT2D eigenvalue weighted by molar-refractivity contribution is 0.174. The van der Waals surface area contributed by atoms with Crippen LogP contribution in [0.1, 0.15) is 9.88 Å². The standard InChI is InChI=1S/C15H18N2O3S/c1-18-7-5-14-17-15(13(21-14)4-6-16)10-2-3-11-12(8-10)20-9-19-11/h2-3,8H,4-7,9,16H2,1H3. The second-order valence-electron chi connectivity index (χ2n) is 4.73. The molecule has 5 nitrogen and oxygen atoms in total. The van der Waals surface area contributed by atoms with E-state index in [9.17, 15) is 0 Å². The number of hydrogen-bond donors (Lipinski definition) is 1. The largest absolute Gasteiger partial charge is 0.454 e. The van der Waals surface area contributed by atoms with Crippen LogP contribution >= 0.6 is 11.3 Å². The molecular weight excluding hydrogens is 288 g/mol. The average Bonchev–Trinajstić information content (AvgIpc) is 3.11. The van der Waals surface area contributed by atoms with Crippen molar-refractivity contribution in [2.45, 2.75) is 12.8 Å². The van der Waals surface area contributed by atoms with Crippen LogP contribution in [0.25, 0.3) is 11.3 Å². The molecule has 1 aliphatic heterocycles. The molecule has 2 aromatic rings. The van der Waals surface area contributed by atoms with Crippen LogP contribution in [-0.4, -0.2) is 32.0 Å². The number of ether oxygens (including phenoxy) is 3. The van der Waals surface area contributed by atoms with E-state index < -0.39 is 0 Å². The van der Waals surface area contributed by atoms with Crippen molar-refractivity contribution in [2.24, 2.45) is 5.73 Å². The molecule has 0 saturated carbocycles. The third-order valence-electron chi connectivity index (χ3n) is 3.28. The summed E-state index contributed by atoms with van der Waals surface area (Å²) in [6.45, 7) is 1.57. The highest BCUT2D eigenvalue weighted by Crippen LogP contribution is 2.37. The topological polar surface area (TPSA) is 66.6 Å². The van der Waals surface area contributed by atoms with Crippen molar-refractivity contribution in [1.29, 1.82) is 0 Å². The zero-order valence-corrected chi connectivity index (χ0v) is 12.7. The number of benzene rings is 1. The molecule has 0 spiro atoms. The molecule has 0 bridgehead atoms. The first-order valence-corrected chi connectivity index (χ1v) is 7.71. The van der Waals surface area contributed by atoms with Gasteiger partial charge in [-0.15, -0.1) is 11.3 Å². The van der Waals surface area contributed by atoms with Gasteiger partial charge in [0.1, 0.15) is 0 Å². The first-order chi connectivity index (χ1) is 10.3. The Bertz CT molecular complexity index is 627. The Labute approximate surface area is 127 Å². The minimum atomic E-state index is 0.282. The summed E-state index contributed by atoms with van der Waals surface area (Å²) >= 11 is 1.71. The van der Waals surface area contributed by atoms with E-state index in [2.05, 4.69) is 0 Å². The van der Waals surface area contributed by atoms with Crippen molar-refractivity contribution in [2.75, 3.05) is 27.1 Å². The van der Waals surface area contributed by atoms with E-state index in [4.69, 9.17) is 24.9 Å². The average molecular weight is 306 g/mol. The van der Waals surface area contributed by atoms with E-state index in [-0.39, 0.29) is 6.79 Å². The normalized spacial score (nSPS) is 12.9. The Hall–Kier alpha value is -1.63. The maximum atomic E-state index is 5.72. The summed E-state index contributed by atoms with van der Waals surface area (Å²) in [6, 6.07) is 5.93. The predicted molar refractivity (Wildman–Crippen MR) is 82.0 cm³/mol. The summed E-state index contributed by atoms with van der Waals surface area (Å²) in [5.74, 6) is 1.56. The third-order valence-corrected chi connectivity index (χ3v) is 4.45. The van der Waals surface area contributed by atoms with Crippen LogP contribution in [-0.2, 0) is 17.6 Å². The predicted octanol–water partition coefficient (Wildman–Crippen LogP) is 2.23. The van der Waals surface area contributed by atoms with E-state index in [1.807, 2.05) is 18.2 Å². The van der Waals surface area contributed by atoms with E-state index in [0.29, 0.717) is 13.2 Å². The van der Waals surface area contributed by atoms with Crippen molar-refractivity contribution < 1.29 is 14.2 Å². The zero-order chi connectivity index (χ0) is 14.7. The Morgan fingerprint density at radius 2 is 2.14 bits per heavy atom. The first-order valence-electron chi connectivity index (χ1n) is 6.89. The molecule has 0 unspecified atom stereocenters. The van der Waals surface area contributed by atoms with Gasteiger partial charge in [0.15, 0.2) is 11.5 Å². The smallest absolute Gasteiger partial charge is 0.231 e. The van der Waals surface area contributed by atoms with Crippen LogP contribution in [0.3, 0.4) is 0 Å². The molecule has 3 rings (SSSR count). The monoisotopic (exact) mass is 306 g/mol. The van der Waals surface area contributed by atoms with E-state index in [0.717, 1.165) is 40.6 Å². The molecular formula is C15H18N2O3S. The van der Waals surface area contributed by atoms with Crippen LogP contribution in [0.15, 0.2) is 18.2 Å². The van der Waals surface area contributed by atoms with Gasteiger partial charge >= 0.3 is 0 Å². The van der Waals surface area contributed by atoms with Gasteiger partial charge in [0.25, 0.3) is 0 Å². The maximum Gasteiger partial charge on any atom is 0.231 e. The molecule has 21 heavy (non-hydrogen) atoms. The lowest BCUT2D eigenvalue weighted by Crippen LogP contribution is -2.02. The highest BCUT2D eigenvalue weighted by atomic mass is 32.1. The second kappa shape index (κ2) is 6.43. The molecule has 0 atom stereocenters. The number of hydrogen-bond acceptors (Lipinski definition) is 6. The van der Waals surface area contributed by atoms with Gasteiger partial charge < -0.3 is 19.9 Å². The lowest BCUT2D eigenvalue weighted by atomic mass is 10.1. The molecule has 0 radical (unpaired) electrons. The highest BCUT2D eigenvalue weighted by Gasteiger charge is 2.18. The lowest BCUT2D eigenvalue weighted by Gasteiger charge is -2.03. The number of aromatic nitrogens is 1. The van der Waals surface area contributed by atoms with Gasteiger partial charge in [-0.3, -0.25) is 0 Å². The van der Waals surface area contributed by atoms with E-state index in [1.165, 1.54) is 4.88 Å². The summed E-state index contributed by atoms with van der Waals surface area (Å²) in [5, 5.41) is 1.08. The van der Waals surface area contributed by atoms with Crippen molar-refractivity contribution >= 4 is 11.3 Å². The van der Waals surface area contributed by atoms with Gasteiger partial charge in [0.05, 0.1) is 17.3 Å². The van der Waals surface area contributed by atoms with Crippen LogP contribution in [0.2, 0.25) is 0 Å². The van der Waals surface area contributed by atoms with Crippen molar-refractivity contribution in [3.63, 3.8) is 0 Å². The Morgan fingerprint density at radius 1 is 1.29 bits per heavy atom. The molecule has 0 amide bonds. The summed E-state index contributed by atoms with van der Waals surface area (Å²) in [5.41, 5.74) is 7.76. The number of rotatable bonds is 6. The number of nitrogens with two attached hydrogens (primary N) is 1.